The van der Waals surface area contributed by atoms with Crippen molar-refractivity contribution in [1.82, 2.24) is 9.66 Å². The monoisotopic (exact) mass is 340 g/mol. The third-order valence-electron chi connectivity index (χ3n) is 4.29. The highest BCUT2D eigenvalue weighted by Crippen LogP contribution is 2.34. The Bertz CT molecular complexity index is 915. The number of carbonyl (C=O) groups excluding carboxylic acids is 1. The average molecular weight is 340 g/mol. The van der Waals surface area contributed by atoms with Gasteiger partial charge in [0.1, 0.15) is 5.69 Å². The van der Waals surface area contributed by atoms with Crippen LogP contribution in [0.4, 0.5) is 5.69 Å². The van der Waals surface area contributed by atoms with E-state index in [1.165, 1.54) is 12.4 Å². The Hall–Kier alpha value is -3.16. The number of pyridine rings is 2. The molecule has 0 bridgehead atoms. The van der Waals surface area contributed by atoms with Crippen molar-refractivity contribution < 1.29 is 4.79 Å². The molecule has 8 nitrogen and oxygen atoms in total. The van der Waals surface area contributed by atoms with Crippen LogP contribution in [-0.4, -0.2) is 21.3 Å². The summed E-state index contributed by atoms with van der Waals surface area (Å²) in [4.78, 5) is 28.7. The molecule has 1 aliphatic carbocycles. The second-order valence-electron chi connectivity index (χ2n) is 6.88. The molecule has 25 heavy (non-hydrogen) atoms. The van der Waals surface area contributed by atoms with E-state index in [9.17, 15) is 9.59 Å². The van der Waals surface area contributed by atoms with Crippen LogP contribution >= 0.6 is 0 Å². The number of amides is 1. The number of nitrogen functional groups attached to an aromatic ring is 1. The van der Waals surface area contributed by atoms with Gasteiger partial charge >= 0.3 is 0 Å². The van der Waals surface area contributed by atoms with Crippen molar-refractivity contribution in [3.63, 3.8) is 0 Å². The SMILES string of the molecule is CC1(C)C/C(=N/N)c2cc(NC(=O)c3ccncc3)c(=O)n(N)c2C1. The first kappa shape index (κ1) is 16.7. The van der Waals surface area contributed by atoms with Crippen LogP contribution in [0.3, 0.4) is 0 Å². The normalized spacial score (nSPS) is 17.1. The lowest BCUT2D eigenvalue weighted by Gasteiger charge is -2.33. The van der Waals surface area contributed by atoms with Gasteiger partial charge in [0.05, 0.1) is 11.4 Å². The number of rotatable bonds is 2. The molecule has 0 radical (unpaired) electrons. The van der Waals surface area contributed by atoms with Crippen molar-refractivity contribution in [2.24, 2.45) is 16.4 Å². The average Bonchev–Trinajstić information content (AvgIpc) is 2.59. The lowest BCUT2D eigenvalue weighted by Crippen LogP contribution is -2.40. The van der Waals surface area contributed by atoms with Gasteiger partial charge in [-0.05, 0) is 36.5 Å². The van der Waals surface area contributed by atoms with E-state index in [1.54, 1.807) is 18.2 Å². The Balaban J connectivity index is 2.05. The van der Waals surface area contributed by atoms with Crippen molar-refractivity contribution in [3.05, 3.63) is 57.8 Å². The molecule has 3 rings (SSSR count). The summed E-state index contributed by atoms with van der Waals surface area (Å²) in [6.45, 7) is 4.12. The van der Waals surface area contributed by atoms with E-state index in [2.05, 4.69) is 29.2 Å². The van der Waals surface area contributed by atoms with Gasteiger partial charge in [0.2, 0.25) is 0 Å². The molecule has 0 aromatic carbocycles. The van der Waals surface area contributed by atoms with E-state index in [4.69, 9.17) is 11.7 Å². The van der Waals surface area contributed by atoms with Crippen LogP contribution in [0.25, 0.3) is 0 Å². The number of hydrogen-bond donors (Lipinski definition) is 3. The molecule has 0 saturated carbocycles. The zero-order valence-corrected chi connectivity index (χ0v) is 14.1. The highest BCUT2D eigenvalue weighted by Gasteiger charge is 2.32. The summed E-state index contributed by atoms with van der Waals surface area (Å²) in [7, 11) is 0. The molecule has 0 spiro atoms. The predicted octanol–water partition coefficient (Wildman–Crippen LogP) is 0.845. The molecule has 1 aliphatic rings. The molecule has 0 unspecified atom stereocenters. The molecule has 2 aromatic heterocycles. The predicted molar refractivity (Wildman–Crippen MR) is 95.9 cm³/mol. The number of hydrazone groups is 1. The van der Waals surface area contributed by atoms with Gasteiger partial charge in [0.25, 0.3) is 11.5 Å². The number of carbonyl (C=O) groups is 1. The minimum Gasteiger partial charge on any atom is -0.336 e. The molecule has 0 atom stereocenters. The van der Waals surface area contributed by atoms with Crippen molar-refractivity contribution in [2.75, 3.05) is 11.2 Å². The Morgan fingerprint density at radius 3 is 2.64 bits per heavy atom. The fourth-order valence-corrected chi connectivity index (χ4v) is 3.07. The van der Waals surface area contributed by atoms with Crippen LogP contribution < -0.4 is 22.6 Å². The van der Waals surface area contributed by atoms with Gasteiger partial charge in [-0.1, -0.05) is 13.8 Å². The van der Waals surface area contributed by atoms with Gasteiger partial charge in [-0.2, -0.15) is 5.10 Å². The molecule has 5 N–H and O–H groups in total. The molecule has 8 heteroatoms. The Morgan fingerprint density at radius 2 is 2.00 bits per heavy atom. The number of aromatic nitrogens is 2. The van der Waals surface area contributed by atoms with Crippen molar-refractivity contribution >= 4 is 17.3 Å². The van der Waals surface area contributed by atoms with Gasteiger partial charge in [0.15, 0.2) is 0 Å². The van der Waals surface area contributed by atoms with Crippen LogP contribution in [0, 0.1) is 5.41 Å². The minimum atomic E-state index is -0.477. The first-order valence-corrected chi connectivity index (χ1v) is 7.85. The molecular formula is C17H20N6O2. The summed E-state index contributed by atoms with van der Waals surface area (Å²) in [5.41, 5.74) is 1.90. The molecule has 0 saturated heterocycles. The van der Waals surface area contributed by atoms with E-state index in [0.717, 1.165) is 4.68 Å². The molecule has 130 valence electrons. The molecule has 0 aliphatic heterocycles. The van der Waals surface area contributed by atoms with Gasteiger partial charge in [-0.3, -0.25) is 14.6 Å². The maximum absolute atomic E-state index is 12.6. The molecule has 1 amide bonds. The summed E-state index contributed by atoms with van der Waals surface area (Å²) in [5.74, 6) is 11.1. The highest BCUT2D eigenvalue weighted by molar-refractivity contribution is 6.06. The number of nitrogens with one attached hydrogen (secondary N) is 1. The summed E-state index contributed by atoms with van der Waals surface area (Å²) < 4.78 is 1.07. The maximum Gasteiger partial charge on any atom is 0.292 e. The largest absolute Gasteiger partial charge is 0.336 e. The number of hydrogen-bond acceptors (Lipinski definition) is 6. The molecular weight excluding hydrogens is 320 g/mol. The standard InChI is InChI=1S/C17H20N6O2/c1-17(2)8-13(22-18)11-7-12(16(25)23(19)14(11)9-17)21-15(24)10-3-5-20-6-4-10/h3-7H,8-9,18-19H2,1-2H3,(H,21,24)/b22-13-. The highest BCUT2D eigenvalue weighted by atomic mass is 16.2. The smallest absolute Gasteiger partial charge is 0.292 e. The Kier molecular flexibility index (Phi) is 4.03. The van der Waals surface area contributed by atoms with Crippen LogP contribution in [0.2, 0.25) is 0 Å². The quantitative estimate of drug-likeness (QED) is 0.551. The minimum absolute atomic E-state index is 0.0870. The van der Waals surface area contributed by atoms with Gasteiger partial charge in [-0.25, -0.2) is 4.68 Å². The second-order valence-corrected chi connectivity index (χ2v) is 6.88. The third-order valence-corrected chi connectivity index (χ3v) is 4.29. The second kappa shape index (κ2) is 6.04. The van der Waals surface area contributed by atoms with E-state index in [-0.39, 0.29) is 11.1 Å². The van der Waals surface area contributed by atoms with Crippen LogP contribution in [-0.2, 0) is 6.42 Å². The summed E-state index contributed by atoms with van der Waals surface area (Å²) in [5, 5.41) is 6.47. The first-order valence-electron chi connectivity index (χ1n) is 7.85. The van der Waals surface area contributed by atoms with Crippen molar-refractivity contribution in [1.29, 1.82) is 0 Å². The summed E-state index contributed by atoms with van der Waals surface area (Å²) in [6.07, 6.45) is 4.28. The van der Waals surface area contributed by atoms with E-state index in [1.807, 2.05) is 0 Å². The van der Waals surface area contributed by atoms with Crippen LogP contribution in [0.15, 0.2) is 40.5 Å². The maximum atomic E-state index is 12.6. The Labute approximate surface area is 144 Å². The van der Waals surface area contributed by atoms with Crippen LogP contribution in [0.5, 0.6) is 0 Å². The molecule has 0 fully saturated rings. The molecule has 2 aromatic rings. The first-order chi connectivity index (χ1) is 11.8. The number of nitrogens with two attached hydrogens (primary N) is 2. The zero-order chi connectivity index (χ0) is 18.2. The van der Waals surface area contributed by atoms with Gasteiger partial charge < -0.3 is 17.0 Å². The Morgan fingerprint density at radius 1 is 1.32 bits per heavy atom. The number of fused-ring (bicyclic) bond motifs is 1. The fourth-order valence-electron chi connectivity index (χ4n) is 3.07. The fraction of sp³-hybridized carbons (Fsp3) is 0.294. The third kappa shape index (κ3) is 3.10. The lowest BCUT2D eigenvalue weighted by atomic mass is 9.75. The van der Waals surface area contributed by atoms with Gasteiger partial charge in [-0.15, -0.1) is 0 Å². The summed E-state index contributed by atoms with van der Waals surface area (Å²) >= 11 is 0. The van der Waals surface area contributed by atoms with E-state index < -0.39 is 11.5 Å². The van der Waals surface area contributed by atoms with E-state index in [0.29, 0.717) is 35.4 Å². The van der Waals surface area contributed by atoms with E-state index >= 15 is 0 Å². The van der Waals surface area contributed by atoms with Crippen molar-refractivity contribution in [2.45, 2.75) is 26.7 Å². The number of anilines is 1. The zero-order valence-electron chi connectivity index (χ0n) is 14.1. The van der Waals surface area contributed by atoms with Gasteiger partial charge in [0, 0.05) is 23.5 Å². The summed E-state index contributed by atoms with van der Waals surface area (Å²) in [6, 6.07) is 4.72. The molecule has 2 heterocycles. The topological polar surface area (TPSA) is 128 Å². The van der Waals surface area contributed by atoms with Crippen LogP contribution in [0.1, 0.15) is 41.9 Å². The lowest BCUT2D eigenvalue weighted by molar-refractivity contribution is 0.102. The number of nitrogens with zero attached hydrogens (tertiary/aromatic N) is 3. The van der Waals surface area contributed by atoms with Crippen molar-refractivity contribution in [3.8, 4) is 0 Å².